The van der Waals surface area contributed by atoms with Gasteiger partial charge in [-0.3, -0.25) is 4.79 Å². The zero-order valence-electron chi connectivity index (χ0n) is 12.4. The predicted octanol–water partition coefficient (Wildman–Crippen LogP) is 3.00. The highest BCUT2D eigenvalue weighted by molar-refractivity contribution is 5.93. The lowest BCUT2D eigenvalue weighted by Crippen LogP contribution is -2.14. The smallest absolute Gasteiger partial charge is 0.228 e. The molecule has 3 N–H and O–H groups in total. The van der Waals surface area contributed by atoms with E-state index in [-0.39, 0.29) is 17.6 Å². The van der Waals surface area contributed by atoms with Crippen LogP contribution in [0.2, 0.25) is 0 Å². The SMILES string of the molecule is Cc1c(CN)ccc(-c2ccnc(NC(=O)C3CC3)c2)c1F. The number of pyridine rings is 1. The van der Waals surface area contributed by atoms with Gasteiger partial charge in [0.05, 0.1) is 0 Å². The van der Waals surface area contributed by atoms with Gasteiger partial charge in [-0.1, -0.05) is 12.1 Å². The fourth-order valence-electron chi connectivity index (χ4n) is 2.41. The van der Waals surface area contributed by atoms with Crippen LogP contribution in [0.4, 0.5) is 10.2 Å². The standard InChI is InChI=1S/C17H18FN3O/c1-10-13(9-19)4-5-14(16(10)18)12-6-7-20-15(8-12)21-17(22)11-2-3-11/h4-8,11H,2-3,9,19H2,1H3,(H,20,21,22). The number of anilines is 1. The van der Waals surface area contributed by atoms with Gasteiger partial charge in [0.25, 0.3) is 0 Å². The van der Waals surface area contributed by atoms with E-state index in [0.29, 0.717) is 29.1 Å². The molecule has 2 aromatic rings. The average Bonchev–Trinajstić information content (AvgIpc) is 3.35. The number of carbonyl (C=O) groups is 1. The first-order valence-electron chi connectivity index (χ1n) is 7.35. The van der Waals surface area contributed by atoms with E-state index in [9.17, 15) is 9.18 Å². The van der Waals surface area contributed by atoms with Gasteiger partial charge in [0.2, 0.25) is 5.91 Å². The van der Waals surface area contributed by atoms with E-state index in [1.807, 2.05) is 6.07 Å². The fourth-order valence-corrected chi connectivity index (χ4v) is 2.41. The molecule has 1 amide bonds. The number of hydrogen-bond acceptors (Lipinski definition) is 3. The van der Waals surface area contributed by atoms with E-state index in [1.165, 1.54) is 0 Å². The monoisotopic (exact) mass is 299 g/mol. The van der Waals surface area contributed by atoms with Gasteiger partial charge in [0.15, 0.2) is 0 Å². The van der Waals surface area contributed by atoms with E-state index in [2.05, 4.69) is 10.3 Å². The summed E-state index contributed by atoms with van der Waals surface area (Å²) in [5.41, 5.74) is 8.11. The number of carbonyl (C=O) groups excluding carboxylic acids is 1. The lowest BCUT2D eigenvalue weighted by atomic mass is 9.99. The summed E-state index contributed by atoms with van der Waals surface area (Å²) in [5, 5.41) is 2.78. The molecule has 0 aliphatic heterocycles. The van der Waals surface area contributed by atoms with E-state index in [1.54, 1.807) is 31.3 Å². The Labute approximate surface area is 128 Å². The molecule has 22 heavy (non-hydrogen) atoms. The molecule has 3 rings (SSSR count). The topological polar surface area (TPSA) is 68.0 Å². The van der Waals surface area contributed by atoms with Gasteiger partial charge in [-0.15, -0.1) is 0 Å². The largest absolute Gasteiger partial charge is 0.326 e. The lowest BCUT2D eigenvalue weighted by Gasteiger charge is -2.11. The second-order valence-electron chi connectivity index (χ2n) is 5.61. The van der Waals surface area contributed by atoms with Crippen LogP contribution in [0.1, 0.15) is 24.0 Å². The highest BCUT2D eigenvalue weighted by atomic mass is 19.1. The Kier molecular flexibility index (Phi) is 3.90. The molecule has 0 radical (unpaired) electrons. The van der Waals surface area contributed by atoms with Crippen LogP contribution in [0.5, 0.6) is 0 Å². The van der Waals surface area contributed by atoms with Gasteiger partial charge in [-0.2, -0.15) is 0 Å². The summed E-state index contributed by atoms with van der Waals surface area (Å²) in [6, 6.07) is 6.97. The van der Waals surface area contributed by atoms with E-state index < -0.39 is 0 Å². The second-order valence-corrected chi connectivity index (χ2v) is 5.61. The summed E-state index contributed by atoms with van der Waals surface area (Å²) >= 11 is 0. The molecule has 4 nitrogen and oxygen atoms in total. The minimum absolute atomic E-state index is 0.0141. The molecule has 1 heterocycles. The number of hydrogen-bond donors (Lipinski definition) is 2. The quantitative estimate of drug-likeness (QED) is 0.912. The van der Waals surface area contributed by atoms with Gasteiger partial charge < -0.3 is 11.1 Å². The fraction of sp³-hybridized carbons (Fsp3) is 0.294. The molecule has 1 aliphatic carbocycles. The second kappa shape index (κ2) is 5.85. The van der Waals surface area contributed by atoms with Crippen LogP contribution in [-0.2, 0) is 11.3 Å². The van der Waals surface area contributed by atoms with Crippen molar-refractivity contribution in [3.05, 3.63) is 47.4 Å². The summed E-state index contributed by atoms with van der Waals surface area (Å²) in [7, 11) is 0. The number of amides is 1. The molecule has 1 aromatic carbocycles. The summed E-state index contributed by atoms with van der Waals surface area (Å²) in [4.78, 5) is 15.9. The Morgan fingerprint density at radius 2 is 2.18 bits per heavy atom. The number of benzene rings is 1. The number of nitrogens with one attached hydrogen (secondary N) is 1. The van der Waals surface area contributed by atoms with Crippen molar-refractivity contribution < 1.29 is 9.18 Å². The van der Waals surface area contributed by atoms with E-state index >= 15 is 0 Å². The Balaban J connectivity index is 1.91. The summed E-state index contributed by atoms with van der Waals surface area (Å²) in [5.74, 6) is 0.260. The van der Waals surface area contributed by atoms with Gasteiger partial charge in [0.1, 0.15) is 11.6 Å². The first-order chi connectivity index (χ1) is 10.6. The van der Waals surface area contributed by atoms with Gasteiger partial charge in [0, 0.05) is 24.2 Å². The summed E-state index contributed by atoms with van der Waals surface area (Å²) < 4.78 is 14.5. The minimum Gasteiger partial charge on any atom is -0.326 e. The van der Waals surface area contributed by atoms with Crippen LogP contribution in [0.25, 0.3) is 11.1 Å². The van der Waals surface area contributed by atoms with E-state index in [0.717, 1.165) is 18.4 Å². The molecular formula is C17H18FN3O. The molecule has 0 saturated heterocycles. The normalized spacial score (nSPS) is 14.0. The molecule has 1 aliphatic rings. The molecule has 0 unspecified atom stereocenters. The summed E-state index contributed by atoms with van der Waals surface area (Å²) in [6.45, 7) is 2.03. The minimum atomic E-state index is -0.284. The molecule has 0 spiro atoms. The van der Waals surface area contributed by atoms with Crippen molar-refractivity contribution in [1.82, 2.24) is 4.98 Å². The van der Waals surface area contributed by atoms with Crippen LogP contribution in [0.3, 0.4) is 0 Å². The van der Waals surface area contributed by atoms with Crippen molar-refractivity contribution in [2.75, 3.05) is 5.32 Å². The van der Waals surface area contributed by atoms with Crippen LogP contribution < -0.4 is 11.1 Å². The van der Waals surface area contributed by atoms with Crippen molar-refractivity contribution in [3.8, 4) is 11.1 Å². The molecule has 5 heteroatoms. The van der Waals surface area contributed by atoms with Gasteiger partial charge in [-0.25, -0.2) is 9.37 Å². The molecule has 0 atom stereocenters. The molecule has 1 fully saturated rings. The predicted molar refractivity (Wildman–Crippen MR) is 83.6 cm³/mol. The van der Waals surface area contributed by atoms with Crippen LogP contribution in [-0.4, -0.2) is 10.9 Å². The van der Waals surface area contributed by atoms with Crippen molar-refractivity contribution in [3.63, 3.8) is 0 Å². The van der Waals surface area contributed by atoms with Crippen molar-refractivity contribution in [2.24, 2.45) is 11.7 Å². The maximum absolute atomic E-state index is 14.5. The first kappa shape index (κ1) is 14.7. The molecule has 1 aromatic heterocycles. The Bertz CT molecular complexity index is 726. The average molecular weight is 299 g/mol. The number of nitrogens with zero attached hydrogens (tertiary/aromatic N) is 1. The van der Waals surface area contributed by atoms with Crippen molar-refractivity contribution >= 4 is 11.7 Å². The third-order valence-corrected chi connectivity index (χ3v) is 3.99. The Hall–Kier alpha value is -2.27. The third kappa shape index (κ3) is 2.85. The van der Waals surface area contributed by atoms with Crippen LogP contribution in [0.15, 0.2) is 30.5 Å². The zero-order valence-corrected chi connectivity index (χ0v) is 12.4. The van der Waals surface area contributed by atoms with Gasteiger partial charge >= 0.3 is 0 Å². The molecule has 0 bridgehead atoms. The lowest BCUT2D eigenvalue weighted by molar-refractivity contribution is -0.117. The maximum atomic E-state index is 14.5. The number of halogens is 1. The molecule has 1 saturated carbocycles. The number of nitrogens with two attached hydrogens (primary N) is 1. The van der Waals surface area contributed by atoms with Crippen LogP contribution >= 0.6 is 0 Å². The zero-order chi connectivity index (χ0) is 15.7. The highest BCUT2D eigenvalue weighted by Gasteiger charge is 2.29. The molecular weight excluding hydrogens is 281 g/mol. The number of aromatic nitrogens is 1. The third-order valence-electron chi connectivity index (χ3n) is 3.99. The van der Waals surface area contributed by atoms with Crippen molar-refractivity contribution in [1.29, 1.82) is 0 Å². The highest BCUT2D eigenvalue weighted by Crippen LogP contribution is 2.31. The van der Waals surface area contributed by atoms with Crippen LogP contribution in [0, 0.1) is 18.7 Å². The van der Waals surface area contributed by atoms with Gasteiger partial charge in [-0.05, 0) is 48.6 Å². The maximum Gasteiger partial charge on any atom is 0.228 e. The Morgan fingerprint density at radius 1 is 1.41 bits per heavy atom. The Morgan fingerprint density at radius 3 is 2.86 bits per heavy atom. The van der Waals surface area contributed by atoms with Crippen molar-refractivity contribution in [2.45, 2.75) is 26.3 Å². The number of rotatable bonds is 4. The summed E-state index contributed by atoms with van der Waals surface area (Å²) in [6.07, 6.45) is 3.43. The van der Waals surface area contributed by atoms with E-state index in [4.69, 9.17) is 5.73 Å². The molecule has 114 valence electrons. The first-order valence-corrected chi connectivity index (χ1v) is 7.35.